The van der Waals surface area contributed by atoms with E-state index in [0.29, 0.717) is 6.42 Å². The first-order chi connectivity index (χ1) is 4.98. The molecule has 0 aromatic heterocycles. The van der Waals surface area contributed by atoms with Crippen LogP contribution < -0.4 is 0 Å². The molecule has 0 aliphatic heterocycles. The summed E-state index contributed by atoms with van der Waals surface area (Å²) in [4.78, 5) is 0. The van der Waals surface area contributed by atoms with Gasteiger partial charge in [-0.15, -0.1) is 0 Å². The molecule has 1 unspecified atom stereocenters. The topological polar surface area (TPSA) is 0 Å². The minimum absolute atomic E-state index is 0.188. The molecule has 1 atom stereocenters. The quantitative estimate of drug-likeness (QED) is 0.562. The van der Waals surface area contributed by atoms with Crippen LogP contribution in [0.2, 0.25) is 0 Å². The molecule has 0 spiro atoms. The van der Waals surface area contributed by atoms with Gasteiger partial charge in [0.05, 0.1) is 5.92 Å². The summed E-state index contributed by atoms with van der Waals surface area (Å²) in [5, 5.41) is 0. The van der Waals surface area contributed by atoms with Crippen molar-refractivity contribution in [1.82, 2.24) is 0 Å². The minimum Gasteiger partial charge on any atom is -0.171 e. The van der Waals surface area contributed by atoms with Crippen molar-refractivity contribution in [3.63, 3.8) is 0 Å². The van der Waals surface area contributed by atoms with Gasteiger partial charge in [-0.2, -0.15) is 13.2 Å². The Hall–Kier alpha value is -0.470. The van der Waals surface area contributed by atoms with Crippen molar-refractivity contribution >= 4 is 0 Å². The maximum atomic E-state index is 11.9. The number of halogens is 3. The van der Waals surface area contributed by atoms with Crippen LogP contribution >= 0.6 is 0 Å². The van der Waals surface area contributed by atoms with Crippen LogP contribution in [-0.2, 0) is 0 Å². The highest BCUT2D eigenvalue weighted by atomic mass is 19.4. The van der Waals surface area contributed by atoms with E-state index < -0.39 is 12.1 Å². The van der Waals surface area contributed by atoms with Crippen LogP contribution in [0.3, 0.4) is 0 Å². The van der Waals surface area contributed by atoms with Gasteiger partial charge >= 0.3 is 6.18 Å². The Kier molecular flexibility index (Phi) is 4.23. The first-order valence-corrected chi connectivity index (χ1v) is 3.66. The average Bonchev–Trinajstić information content (AvgIpc) is 1.86. The van der Waals surface area contributed by atoms with Crippen LogP contribution in [0, 0.1) is 5.92 Å². The van der Waals surface area contributed by atoms with Crippen LogP contribution in [0.1, 0.15) is 26.7 Å². The number of hydrogen-bond donors (Lipinski definition) is 0. The fraction of sp³-hybridized carbons (Fsp3) is 0.750. The fourth-order valence-corrected chi connectivity index (χ4v) is 0.677. The lowest BCUT2D eigenvalue weighted by atomic mass is 10.1. The molecule has 11 heavy (non-hydrogen) atoms. The van der Waals surface area contributed by atoms with Gasteiger partial charge in [-0.3, -0.25) is 0 Å². The Morgan fingerprint density at radius 3 is 2.27 bits per heavy atom. The zero-order valence-electron chi connectivity index (χ0n) is 6.78. The molecule has 0 saturated heterocycles. The molecular weight excluding hydrogens is 153 g/mol. The van der Waals surface area contributed by atoms with E-state index in [0.717, 1.165) is 0 Å². The van der Waals surface area contributed by atoms with Gasteiger partial charge < -0.3 is 0 Å². The Bertz CT molecular complexity index is 124. The van der Waals surface area contributed by atoms with Gasteiger partial charge in [-0.25, -0.2) is 0 Å². The summed E-state index contributed by atoms with van der Waals surface area (Å²) >= 11 is 0. The Morgan fingerprint density at radius 2 is 1.91 bits per heavy atom. The molecule has 0 heterocycles. The van der Waals surface area contributed by atoms with Gasteiger partial charge in [0.2, 0.25) is 0 Å². The van der Waals surface area contributed by atoms with E-state index in [1.807, 2.05) is 0 Å². The lowest BCUT2D eigenvalue weighted by Crippen LogP contribution is -2.19. The highest BCUT2D eigenvalue weighted by Crippen LogP contribution is 2.28. The second-order valence-corrected chi connectivity index (χ2v) is 2.59. The molecule has 3 heteroatoms. The predicted octanol–water partition coefficient (Wildman–Crippen LogP) is 3.54. The summed E-state index contributed by atoms with van der Waals surface area (Å²) in [6, 6.07) is 0. The van der Waals surface area contributed by atoms with Crippen molar-refractivity contribution in [2.24, 2.45) is 5.92 Å². The van der Waals surface area contributed by atoms with E-state index >= 15 is 0 Å². The number of hydrogen-bond acceptors (Lipinski definition) is 0. The summed E-state index contributed by atoms with van der Waals surface area (Å²) in [6.45, 7) is 3.02. The standard InChI is InChI=1S/C8H13F3/c1-3-4-5-6-7(2)8(9,10)11/h3-4,7H,5-6H2,1-2H3/b4-3-. The lowest BCUT2D eigenvalue weighted by molar-refractivity contribution is -0.170. The smallest absolute Gasteiger partial charge is 0.171 e. The van der Waals surface area contributed by atoms with E-state index in [1.165, 1.54) is 6.92 Å². The second kappa shape index (κ2) is 4.42. The molecule has 0 aliphatic rings. The molecule has 66 valence electrons. The third kappa shape index (κ3) is 4.87. The molecule has 0 amide bonds. The zero-order valence-corrected chi connectivity index (χ0v) is 6.78. The Labute approximate surface area is 65.1 Å². The maximum absolute atomic E-state index is 11.9. The number of alkyl halides is 3. The fourth-order valence-electron chi connectivity index (χ4n) is 0.677. The molecule has 0 aromatic rings. The molecule has 0 rings (SSSR count). The van der Waals surface area contributed by atoms with Crippen molar-refractivity contribution in [2.45, 2.75) is 32.9 Å². The Morgan fingerprint density at radius 1 is 1.36 bits per heavy atom. The first kappa shape index (κ1) is 10.5. The molecule has 0 saturated carbocycles. The van der Waals surface area contributed by atoms with E-state index in [1.54, 1.807) is 19.1 Å². The van der Waals surface area contributed by atoms with E-state index in [2.05, 4.69) is 0 Å². The predicted molar refractivity (Wildman–Crippen MR) is 39.3 cm³/mol. The van der Waals surface area contributed by atoms with Crippen molar-refractivity contribution in [2.75, 3.05) is 0 Å². The second-order valence-electron chi connectivity index (χ2n) is 2.59. The van der Waals surface area contributed by atoms with Crippen molar-refractivity contribution in [3.05, 3.63) is 12.2 Å². The zero-order chi connectivity index (χ0) is 8.91. The summed E-state index contributed by atoms with van der Waals surface area (Å²) in [5.41, 5.74) is 0. The van der Waals surface area contributed by atoms with Crippen molar-refractivity contribution in [3.8, 4) is 0 Å². The van der Waals surface area contributed by atoms with Crippen LogP contribution in [0.5, 0.6) is 0 Å². The SMILES string of the molecule is C/C=C\CCC(C)C(F)(F)F. The van der Waals surface area contributed by atoms with Crippen molar-refractivity contribution < 1.29 is 13.2 Å². The number of allylic oxidation sites excluding steroid dienone is 2. The first-order valence-electron chi connectivity index (χ1n) is 3.66. The molecule has 0 aliphatic carbocycles. The molecule has 0 N–H and O–H groups in total. The van der Waals surface area contributed by atoms with Gasteiger partial charge in [0.1, 0.15) is 0 Å². The van der Waals surface area contributed by atoms with Crippen LogP contribution in [0.4, 0.5) is 13.2 Å². The molecular formula is C8H13F3. The summed E-state index contributed by atoms with van der Waals surface area (Å²) in [6.07, 6.45) is 0.192. The summed E-state index contributed by atoms with van der Waals surface area (Å²) in [7, 11) is 0. The average molecular weight is 166 g/mol. The third-order valence-electron chi connectivity index (χ3n) is 1.56. The Balaban J connectivity index is 3.61. The monoisotopic (exact) mass is 166 g/mol. The summed E-state index contributed by atoms with van der Waals surface area (Å²) in [5.74, 6) is -1.18. The van der Waals surface area contributed by atoms with E-state index in [9.17, 15) is 13.2 Å². The van der Waals surface area contributed by atoms with Gasteiger partial charge in [0.15, 0.2) is 0 Å². The summed E-state index contributed by atoms with van der Waals surface area (Å²) < 4.78 is 35.6. The normalized spacial score (nSPS) is 15.7. The van der Waals surface area contributed by atoms with Crippen LogP contribution in [-0.4, -0.2) is 6.18 Å². The highest BCUT2D eigenvalue weighted by molar-refractivity contribution is 4.78. The molecule has 0 aromatic carbocycles. The highest BCUT2D eigenvalue weighted by Gasteiger charge is 2.34. The molecule has 0 bridgehead atoms. The maximum Gasteiger partial charge on any atom is 0.391 e. The van der Waals surface area contributed by atoms with Crippen LogP contribution in [0.15, 0.2) is 12.2 Å². The van der Waals surface area contributed by atoms with E-state index in [-0.39, 0.29) is 6.42 Å². The minimum atomic E-state index is -4.03. The molecule has 0 fully saturated rings. The van der Waals surface area contributed by atoms with Gasteiger partial charge in [0.25, 0.3) is 0 Å². The van der Waals surface area contributed by atoms with Gasteiger partial charge in [-0.1, -0.05) is 19.1 Å². The van der Waals surface area contributed by atoms with Gasteiger partial charge in [-0.05, 0) is 19.8 Å². The lowest BCUT2D eigenvalue weighted by Gasteiger charge is -2.13. The largest absolute Gasteiger partial charge is 0.391 e. The third-order valence-corrected chi connectivity index (χ3v) is 1.56. The van der Waals surface area contributed by atoms with Crippen LogP contribution in [0.25, 0.3) is 0 Å². The molecule has 0 radical (unpaired) electrons. The van der Waals surface area contributed by atoms with Gasteiger partial charge in [0, 0.05) is 0 Å². The molecule has 0 nitrogen and oxygen atoms in total. The van der Waals surface area contributed by atoms with Crippen molar-refractivity contribution in [1.29, 1.82) is 0 Å². The number of rotatable bonds is 3. The van der Waals surface area contributed by atoms with E-state index in [4.69, 9.17) is 0 Å².